The summed E-state index contributed by atoms with van der Waals surface area (Å²) in [6, 6.07) is 8.24. The third-order valence-corrected chi connectivity index (χ3v) is 5.13. The fourth-order valence-corrected chi connectivity index (χ4v) is 3.95. The quantitative estimate of drug-likeness (QED) is 0.470. The Kier molecular flexibility index (Phi) is 7.16. The third-order valence-electron chi connectivity index (χ3n) is 4.91. The number of esters is 1. The first-order valence-electron chi connectivity index (χ1n) is 10.2. The van der Waals surface area contributed by atoms with Gasteiger partial charge in [-0.1, -0.05) is 29.3 Å². The van der Waals surface area contributed by atoms with Crippen molar-refractivity contribution in [1.82, 2.24) is 10.3 Å². The number of rotatable bonds is 7. The summed E-state index contributed by atoms with van der Waals surface area (Å²) in [4.78, 5) is 19.3. The van der Waals surface area contributed by atoms with Crippen LogP contribution < -0.4 is 5.32 Å². The first-order chi connectivity index (χ1) is 14.4. The van der Waals surface area contributed by atoms with Gasteiger partial charge in [0.1, 0.15) is 11.0 Å². The molecule has 5 nitrogen and oxygen atoms in total. The molecule has 0 atom stereocenters. The van der Waals surface area contributed by atoms with E-state index in [9.17, 15) is 4.79 Å². The van der Waals surface area contributed by atoms with Crippen LogP contribution in [0.1, 0.15) is 47.7 Å². The number of hydrogen-bond donors (Lipinski definition) is 2. The number of aromatic nitrogens is 1. The van der Waals surface area contributed by atoms with Crippen LogP contribution in [-0.4, -0.2) is 29.9 Å². The number of amidine groups is 1. The molecule has 3 rings (SSSR count). The highest BCUT2D eigenvalue weighted by Gasteiger charge is 2.20. The number of benzene rings is 1. The van der Waals surface area contributed by atoms with E-state index in [1.165, 1.54) is 22.3 Å². The largest absolute Gasteiger partial charge is 0.466 e. The van der Waals surface area contributed by atoms with Gasteiger partial charge in [-0.3, -0.25) is 9.79 Å². The van der Waals surface area contributed by atoms with Gasteiger partial charge in [-0.05, 0) is 75.1 Å². The summed E-state index contributed by atoms with van der Waals surface area (Å²) in [6.45, 7) is 9.15. The highest BCUT2D eigenvalue weighted by molar-refractivity contribution is 6.29. The van der Waals surface area contributed by atoms with Crippen molar-refractivity contribution in [3.8, 4) is 0 Å². The number of halogens is 1. The molecule has 1 aromatic carbocycles. The molecular formula is C24H28ClN3O2. The van der Waals surface area contributed by atoms with E-state index in [-0.39, 0.29) is 5.97 Å². The number of H-pyrrole nitrogens is 1. The summed E-state index contributed by atoms with van der Waals surface area (Å²) in [5.41, 5.74) is 7.80. The Hall–Kier alpha value is -2.79. The molecule has 1 aromatic heterocycles. The lowest BCUT2D eigenvalue weighted by Gasteiger charge is -2.17. The molecule has 0 spiro atoms. The van der Waals surface area contributed by atoms with Gasteiger partial charge in [0.15, 0.2) is 0 Å². The van der Waals surface area contributed by atoms with Gasteiger partial charge in [0.25, 0.3) is 0 Å². The highest BCUT2D eigenvalue weighted by atomic mass is 35.5. The second kappa shape index (κ2) is 9.81. The van der Waals surface area contributed by atoms with Gasteiger partial charge in [0, 0.05) is 29.9 Å². The minimum Gasteiger partial charge on any atom is -0.466 e. The molecule has 1 aliphatic rings. The van der Waals surface area contributed by atoms with Crippen LogP contribution >= 0.6 is 11.6 Å². The van der Waals surface area contributed by atoms with Crippen molar-refractivity contribution >= 4 is 29.0 Å². The predicted octanol–water partition coefficient (Wildman–Crippen LogP) is 5.25. The third kappa shape index (κ3) is 5.22. The van der Waals surface area contributed by atoms with Gasteiger partial charge in [-0.15, -0.1) is 0 Å². The van der Waals surface area contributed by atoms with Crippen molar-refractivity contribution in [2.24, 2.45) is 4.99 Å². The van der Waals surface area contributed by atoms with E-state index in [0.29, 0.717) is 31.1 Å². The fourth-order valence-electron chi connectivity index (χ4n) is 3.78. The van der Waals surface area contributed by atoms with Crippen molar-refractivity contribution in [3.05, 3.63) is 75.2 Å². The van der Waals surface area contributed by atoms with Gasteiger partial charge in [-0.2, -0.15) is 0 Å². The number of nitrogens with zero attached hydrogens (tertiary/aromatic N) is 1. The van der Waals surface area contributed by atoms with Crippen molar-refractivity contribution in [1.29, 1.82) is 0 Å². The monoisotopic (exact) mass is 425 g/mol. The zero-order chi connectivity index (χ0) is 21.7. The van der Waals surface area contributed by atoms with Crippen LogP contribution in [0, 0.1) is 20.8 Å². The van der Waals surface area contributed by atoms with Gasteiger partial charge < -0.3 is 15.0 Å². The van der Waals surface area contributed by atoms with E-state index in [4.69, 9.17) is 16.3 Å². The molecule has 0 saturated heterocycles. The molecule has 158 valence electrons. The average molecular weight is 426 g/mol. The minimum absolute atomic E-state index is 0.176. The number of aromatic amines is 1. The molecule has 0 unspecified atom stereocenters. The van der Waals surface area contributed by atoms with Crippen molar-refractivity contribution in [2.75, 3.05) is 13.2 Å². The van der Waals surface area contributed by atoms with Crippen LogP contribution in [-0.2, 0) is 9.53 Å². The summed E-state index contributed by atoms with van der Waals surface area (Å²) in [6.07, 6.45) is 5.04. The van der Waals surface area contributed by atoms with E-state index >= 15 is 0 Å². The van der Waals surface area contributed by atoms with Gasteiger partial charge >= 0.3 is 5.97 Å². The zero-order valence-electron chi connectivity index (χ0n) is 17.9. The molecule has 2 N–H and O–H groups in total. The maximum atomic E-state index is 11.5. The SMILES string of the molecule is CCOC(=O)CCCN=C1C=C/C(=C(\c2ccc(Cl)[nH]2)c2c(C)cc(C)cc2C)N1. The molecular weight excluding hydrogens is 398 g/mol. The maximum Gasteiger partial charge on any atom is 0.305 e. The molecule has 0 radical (unpaired) electrons. The molecule has 0 fully saturated rings. The lowest BCUT2D eigenvalue weighted by atomic mass is 9.90. The summed E-state index contributed by atoms with van der Waals surface area (Å²) in [5.74, 6) is 0.607. The first-order valence-corrected chi connectivity index (χ1v) is 10.6. The van der Waals surface area contributed by atoms with Gasteiger partial charge in [0.2, 0.25) is 0 Å². The zero-order valence-corrected chi connectivity index (χ0v) is 18.7. The number of carbonyl (C=O) groups is 1. The molecule has 30 heavy (non-hydrogen) atoms. The summed E-state index contributed by atoms with van der Waals surface area (Å²) in [5, 5.41) is 4.02. The predicted molar refractivity (Wildman–Crippen MR) is 123 cm³/mol. The van der Waals surface area contributed by atoms with Crippen molar-refractivity contribution < 1.29 is 9.53 Å². The second-order valence-corrected chi connectivity index (χ2v) is 7.82. The number of hydrogen-bond acceptors (Lipinski definition) is 3. The summed E-state index contributed by atoms with van der Waals surface area (Å²) < 4.78 is 4.95. The Morgan fingerprint density at radius 3 is 2.50 bits per heavy atom. The van der Waals surface area contributed by atoms with E-state index in [1.807, 2.05) is 31.2 Å². The molecule has 0 aliphatic carbocycles. The standard InChI is InChI=1S/C24H28ClN3O2/c1-5-30-22(29)7-6-12-26-21-11-9-19(28-21)24(18-8-10-20(25)27-18)23-16(3)13-15(2)14-17(23)4/h8-11,13-14,27H,5-7,12H2,1-4H3,(H,26,28)/b24-19-. The van der Waals surface area contributed by atoms with Crippen LogP contribution in [0.4, 0.5) is 0 Å². The molecule has 2 aromatic rings. The molecule has 0 saturated carbocycles. The van der Waals surface area contributed by atoms with Crippen LogP contribution in [0.25, 0.3) is 5.57 Å². The van der Waals surface area contributed by atoms with E-state index in [1.54, 1.807) is 0 Å². The Morgan fingerprint density at radius 1 is 1.13 bits per heavy atom. The van der Waals surface area contributed by atoms with Crippen LogP contribution in [0.2, 0.25) is 5.15 Å². The first kappa shape index (κ1) is 21.9. The molecule has 0 amide bonds. The topological polar surface area (TPSA) is 66.5 Å². The molecule has 2 heterocycles. The molecule has 0 bridgehead atoms. The second-order valence-electron chi connectivity index (χ2n) is 7.42. The Labute approximate surface area is 182 Å². The number of aryl methyl sites for hydroxylation is 3. The highest BCUT2D eigenvalue weighted by Crippen LogP contribution is 2.33. The van der Waals surface area contributed by atoms with Gasteiger partial charge in [0.05, 0.1) is 6.61 Å². The van der Waals surface area contributed by atoms with Crippen molar-refractivity contribution in [3.63, 3.8) is 0 Å². The van der Waals surface area contributed by atoms with E-state index < -0.39 is 0 Å². The number of aliphatic imine (C=N–C) groups is 1. The number of ether oxygens (including phenoxy) is 1. The normalized spacial score (nSPS) is 16.1. The van der Waals surface area contributed by atoms with E-state index in [0.717, 1.165) is 22.8 Å². The smallest absolute Gasteiger partial charge is 0.305 e. The van der Waals surface area contributed by atoms with Gasteiger partial charge in [-0.25, -0.2) is 0 Å². The number of carbonyl (C=O) groups excluding carboxylic acids is 1. The number of allylic oxidation sites excluding steroid dienone is 1. The maximum absolute atomic E-state index is 11.5. The minimum atomic E-state index is -0.176. The van der Waals surface area contributed by atoms with Crippen LogP contribution in [0.15, 0.2) is 47.1 Å². The van der Waals surface area contributed by atoms with Crippen molar-refractivity contribution in [2.45, 2.75) is 40.5 Å². The Bertz CT molecular complexity index is 1010. The average Bonchev–Trinajstić information content (AvgIpc) is 3.31. The Morgan fingerprint density at radius 2 is 1.87 bits per heavy atom. The van der Waals surface area contributed by atoms with Crippen LogP contribution in [0.3, 0.4) is 0 Å². The van der Waals surface area contributed by atoms with Crippen LogP contribution in [0.5, 0.6) is 0 Å². The molecule has 1 aliphatic heterocycles. The Balaban J connectivity index is 1.88. The number of nitrogens with one attached hydrogen (secondary N) is 2. The fraction of sp³-hybridized carbons (Fsp3) is 0.333. The summed E-state index contributed by atoms with van der Waals surface area (Å²) in [7, 11) is 0. The van der Waals surface area contributed by atoms with E-state index in [2.05, 4.69) is 48.2 Å². The summed E-state index contributed by atoms with van der Waals surface area (Å²) >= 11 is 6.19. The lowest BCUT2D eigenvalue weighted by Crippen LogP contribution is -2.17. The molecule has 6 heteroatoms. The lowest BCUT2D eigenvalue weighted by molar-refractivity contribution is -0.143.